The molecule has 0 aliphatic carbocycles. The molecule has 0 atom stereocenters. The first-order chi connectivity index (χ1) is 7.06. The van der Waals surface area contributed by atoms with Crippen molar-refractivity contribution in [3.05, 3.63) is 35.6 Å². The number of hydrogen-bond donors (Lipinski definition) is 2. The third-order valence-corrected chi connectivity index (χ3v) is 1.88. The maximum absolute atomic E-state index is 13.3. The topological polar surface area (TPSA) is 32.3 Å². The molecular formula is C10H12F3NO. The van der Waals surface area contributed by atoms with Crippen LogP contribution in [-0.2, 0) is 5.92 Å². The van der Waals surface area contributed by atoms with Gasteiger partial charge in [-0.05, 0) is 12.1 Å². The van der Waals surface area contributed by atoms with Crippen molar-refractivity contribution in [2.45, 2.75) is 5.92 Å². The van der Waals surface area contributed by atoms with E-state index in [2.05, 4.69) is 5.32 Å². The van der Waals surface area contributed by atoms with Gasteiger partial charge < -0.3 is 10.4 Å². The van der Waals surface area contributed by atoms with E-state index in [-0.39, 0.29) is 18.7 Å². The van der Waals surface area contributed by atoms with Crippen molar-refractivity contribution in [1.82, 2.24) is 5.32 Å². The Kier molecular flexibility index (Phi) is 4.11. The van der Waals surface area contributed by atoms with Crippen LogP contribution in [-0.4, -0.2) is 24.8 Å². The lowest BCUT2D eigenvalue weighted by atomic mass is 10.1. The van der Waals surface area contributed by atoms with Crippen molar-refractivity contribution in [3.8, 4) is 0 Å². The summed E-state index contributed by atoms with van der Waals surface area (Å²) in [7, 11) is 0. The van der Waals surface area contributed by atoms with E-state index in [0.717, 1.165) is 12.1 Å². The quantitative estimate of drug-likeness (QED) is 0.735. The molecule has 0 spiro atoms. The van der Waals surface area contributed by atoms with Gasteiger partial charge in [-0.25, -0.2) is 4.39 Å². The Labute approximate surface area is 85.7 Å². The van der Waals surface area contributed by atoms with Crippen LogP contribution in [0.3, 0.4) is 0 Å². The van der Waals surface area contributed by atoms with E-state index >= 15 is 0 Å². The number of benzene rings is 1. The Morgan fingerprint density at radius 2 is 2.07 bits per heavy atom. The molecule has 0 heterocycles. The van der Waals surface area contributed by atoms with E-state index < -0.39 is 18.3 Å². The van der Waals surface area contributed by atoms with E-state index in [4.69, 9.17) is 5.11 Å². The minimum Gasteiger partial charge on any atom is -0.395 e. The molecule has 0 radical (unpaired) electrons. The molecule has 0 aliphatic rings. The van der Waals surface area contributed by atoms with E-state index in [1.54, 1.807) is 0 Å². The van der Waals surface area contributed by atoms with Gasteiger partial charge in [-0.3, -0.25) is 0 Å². The van der Waals surface area contributed by atoms with Crippen molar-refractivity contribution in [1.29, 1.82) is 0 Å². The second-order valence-electron chi connectivity index (χ2n) is 3.12. The Bertz CT molecular complexity index is 317. The van der Waals surface area contributed by atoms with Crippen molar-refractivity contribution < 1.29 is 18.3 Å². The van der Waals surface area contributed by atoms with Gasteiger partial charge in [0.15, 0.2) is 0 Å². The highest BCUT2D eigenvalue weighted by molar-refractivity contribution is 5.21. The van der Waals surface area contributed by atoms with E-state index in [1.165, 1.54) is 12.1 Å². The summed E-state index contributed by atoms with van der Waals surface area (Å²) in [5, 5.41) is 10.8. The summed E-state index contributed by atoms with van der Waals surface area (Å²) in [5.74, 6) is -3.81. The molecule has 2 nitrogen and oxygen atoms in total. The van der Waals surface area contributed by atoms with Gasteiger partial charge in [-0.2, -0.15) is 8.78 Å². The molecule has 0 aromatic heterocycles. The molecule has 0 bridgehead atoms. The lowest BCUT2D eigenvalue weighted by molar-refractivity contribution is -0.00397. The summed E-state index contributed by atoms with van der Waals surface area (Å²) >= 11 is 0. The van der Waals surface area contributed by atoms with Gasteiger partial charge in [0, 0.05) is 12.1 Å². The molecule has 1 aromatic carbocycles. The van der Waals surface area contributed by atoms with Crippen LogP contribution in [0.2, 0.25) is 0 Å². The first-order valence-electron chi connectivity index (χ1n) is 4.52. The predicted molar refractivity (Wildman–Crippen MR) is 50.2 cm³/mol. The Morgan fingerprint density at radius 1 is 1.33 bits per heavy atom. The zero-order valence-electron chi connectivity index (χ0n) is 8.01. The first kappa shape index (κ1) is 12.0. The molecule has 15 heavy (non-hydrogen) atoms. The summed E-state index contributed by atoms with van der Waals surface area (Å²) in [6.45, 7) is -0.735. The Morgan fingerprint density at radius 3 is 2.67 bits per heavy atom. The molecule has 0 amide bonds. The van der Waals surface area contributed by atoms with Crippen LogP contribution in [0.25, 0.3) is 0 Å². The standard InChI is InChI=1S/C10H12F3NO/c11-9-3-1-2-8(6-9)10(12,13)7-14-4-5-15/h1-3,6,14-15H,4-5,7H2. The zero-order chi connectivity index (χ0) is 11.3. The van der Waals surface area contributed by atoms with Crippen LogP contribution in [0.4, 0.5) is 13.2 Å². The fourth-order valence-electron chi connectivity index (χ4n) is 1.14. The number of halogens is 3. The highest BCUT2D eigenvalue weighted by Crippen LogP contribution is 2.27. The van der Waals surface area contributed by atoms with Crippen LogP contribution < -0.4 is 5.32 Å². The molecule has 0 unspecified atom stereocenters. The normalized spacial score (nSPS) is 11.7. The van der Waals surface area contributed by atoms with Gasteiger partial charge in [0.05, 0.1) is 13.2 Å². The number of hydrogen-bond acceptors (Lipinski definition) is 2. The van der Waals surface area contributed by atoms with E-state index in [0.29, 0.717) is 0 Å². The van der Waals surface area contributed by atoms with Crippen LogP contribution in [0.5, 0.6) is 0 Å². The molecule has 5 heteroatoms. The SMILES string of the molecule is OCCNCC(F)(F)c1cccc(F)c1. The van der Waals surface area contributed by atoms with Gasteiger partial charge in [-0.1, -0.05) is 12.1 Å². The highest BCUT2D eigenvalue weighted by Gasteiger charge is 2.30. The second kappa shape index (κ2) is 5.14. The summed E-state index contributed by atoms with van der Waals surface area (Å²) < 4.78 is 39.4. The minimum atomic E-state index is -3.13. The number of aliphatic hydroxyl groups is 1. The first-order valence-corrected chi connectivity index (χ1v) is 4.52. The fraction of sp³-hybridized carbons (Fsp3) is 0.400. The smallest absolute Gasteiger partial charge is 0.285 e. The van der Waals surface area contributed by atoms with Gasteiger partial charge in [0.25, 0.3) is 5.92 Å². The van der Waals surface area contributed by atoms with Crippen LogP contribution in [0.1, 0.15) is 5.56 Å². The third-order valence-electron chi connectivity index (χ3n) is 1.88. The van der Waals surface area contributed by atoms with Crippen LogP contribution in [0, 0.1) is 5.82 Å². The molecule has 84 valence electrons. The summed E-state index contributed by atoms with van der Waals surface area (Å²) in [6, 6.07) is 4.33. The minimum absolute atomic E-state index is 0.0882. The summed E-state index contributed by atoms with van der Waals surface area (Å²) in [5.41, 5.74) is -0.368. The molecule has 0 saturated heterocycles. The predicted octanol–water partition coefficient (Wildman–Crippen LogP) is 1.50. The van der Waals surface area contributed by atoms with Gasteiger partial charge in [0.2, 0.25) is 0 Å². The highest BCUT2D eigenvalue weighted by atomic mass is 19.3. The second-order valence-corrected chi connectivity index (χ2v) is 3.12. The molecule has 0 saturated carbocycles. The maximum Gasteiger partial charge on any atom is 0.285 e. The molecule has 2 N–H and O–H groups in total. The van der Waals surface area contributed by atoms with Crippen molar-refractivity contribution in [2.24, 2.45) is 0 Å². The van der Waals surface area contributed by atoms with Crippen molar-refractivity contribution in [2.75, 3.05) is 19.7 Å². The summed E-state index contributed by atoms with van der Waals surface area (Å²) in [4.78, 5) is 0. The molecule has 1 aromatic rings. The lowest BCUT2D eigenvalue weighted by Gasteiger charge is -2.17. The average Bonchev–Trinajstić information content (AvgIpc) is 2.18. The number of rotatable bonds is 5. The molecular weight excluding hydrogens is 207 g/mol. The number of aliphatic hydroxyl groups excluding tert-OH is 1. The van der Waals surface area contributed by atoms with Crippen molar-refractivity contribution >= 4 is 0 Å². The van der Waals surface area contributed by atoms with E-state index in [1.807, 2.05) is 0 Å². The number of alkyl halides is 2. The van der Waals surface area contributed by atoms with Crippen LogP contribution in [0.15, 0.2) is 24.3 Å². The monoisotopic (exact) mass is 219 g/mol. The zero-order valence-corrected chi connectivity index (χ0v) is 8.01. The molecule has 1 rings (SSSR count). The largest absolute Gasteiger partial charge is 0.395 e. The lowest BCUT2D eigenvalue weighted by Crippen LogP contribution is -2.32. The average molecular weight is 219 g/mol. The van der Waals surface area contributed by atoms with Crippen LogP contribution >= 0.6 is 0 Å². The fourth-order valence-corrected chi connectivity index (χ4v) is 1.14. The number of nitrogens with one attached hydrogen (secondary N) is 1. The maximum atomic E-state index is 13.3. The third kappa shape index (κ3) is 3.53. The van der Waals surface area contributed by atoms with Gasteiger partial charge in [0.1, 0.15) is 5.82 Å². The Balaban J connectivity index is 2.67. The van der Waals surface area contributed by atoms with Crippen molar-refractivity contribution in [3.63, 3.8) is 0 Å². The Hall–Kier alpha value is -1.07. The van der Waals surface area contributed by atoms with Gasteiger partial charge >= 0.3 is 0 Å². The van der Waals surface area contributed by atoms with Gasteiger partial charge in [-0.15, -0.1) is 0 Å². The molecule has 0 fully saturated rings. The van der Waals surface area contributed by atoms with E-state index in [9.17, 15) is 13.2 Å². The molecule has 0 aliphatic heterocycles. The summed E-state index contributed by atoms with van der Waals surface area (Å²) in [6.07, 6.45) is 0.